The second-order valence-corrected chi connectivity index (χ2v) is 7.78. The first-order chi connectivity index (χ1) is 14.5. The van der Waals surface area contributed by atoms with Crippen LogP contribution in [0.25, 0.3) is 0 Å². The standard InChI is InChI=1S/C23H44O7/c1-5-6-7-8-9-21(4)23(25)19-30-17-15-28-13-11-26-10-12-27-14-16-29-18-22(24)20(2)3/h20-21H,5-19H2,1-4H3. The molecule has 0 bridgehead atoms. The molecule has 0 amide bonds. The van der Waals surface area contributed by atoms with E-state index in [4.69, 9.17) is 23.7 Å². The minimum absolute atomic E-state index is 0.00407. The summed E-state index contributed by atoms with van der Waals surface area (Å²) < 4.78 is 26.8. The zero-order valence-electron chi connectivity index (χ0n) is 19.6. The van der Waals surface area contributed by atoms with Crippen LogP contribution < -0.4 is 0 Å². The molecule has 1 atom stereocenters. The first-order valence-electron chi connectivity index (χ1n) is 11.4. The van der Waals surface area contributed by atoms with E-state index in [9.17, 15) is 9.59 Å². The molecular weight excluding hydrogens is 388 g/mol. The lowest BCUT2D eigenvalue weighted by atomic mass is 9.99. The van der Waals surface area contributed by atoms with Crippen LogP contribution in [0.15, 0.2) is 0 Å². The molecule has 0 aliphatic carbocycles. The normalized spacial score (nSPS) is 12.4. The maximum absolute atomic E-state index is 12.0. The van der Waals surface area contributed by atoms with Gasteiger partial charge in [0.15, 0.2) is 11.6 Å². The molecule has 0 N–H and O–H groups in total. The molecule has 0 aliphatic heterocycles. The fraction of sp³-hybridized carbons (Fsp3) is 0.913. The molecule has 0 saturated carbocycles. The lowest BCUT2D eigenvalue weighted by molar-refractivity contribution is -0.128. The van der Waals surface area contributed by atoms with Crippen LogP contribution in [-0.2, 0) is 33.3 Å². The van der Waals surface area contributed by atoms with E-state index in [1.807, 2.05) is 20.8 Å². The van der Waals surface area contributed by atoms with E-state index in [1.54, 1.807) is 0 Å². The Labute approximate surface area is 183 Å². The summed E-state index contributed by atoms with van der Waals surface area (Å²) in [6, 6.07) is 0. The number of rotatable bonds is 23. The number of unbranched alkanes of at least 4 members (excludes halogenated alkanes) is 3. The third kappa shape index (κ3) is 19.1. The molecule has 0 spiro atoms. The van der Waals surface area contributed by atoms with Crippen LogP contribution in [0.3, 0.4) is 0 Å². The Morgan fingerprint density at radius 1 is 0.600 bits per heavy atom. The summed E-state index contributed by atoms with van der Waals surface area (Å²) in [5, 5.41) is 0. The first-order valence-corrected chi connectivity index (χ1v) is 11.4. The monoisotopic (exact) mass is 432 g/mol. The molecule has 30 heavy (non-hydrogen) atoms. The van der Waals surface area contributed by atoms with E-state index in [-0.39, 0.29) is 36.6 Å². The van der Waals surface area contributed by atoms with E-state index in [1.165, 1.54) is 19.3 Å². The Balaban J connectivity index is 3.27. The highest BCUT2D eigenvalue weighted by molar-refractivity contribution is 5.82. The number of hydrogen-bond acceptors (Lipinski definition) is 7. The molecule has 0 aromatic carbocycles. The van der Waals surface area contributed by atoms with Crippen molar-refractivity contribution in [1.29, 1.82) is 0 Å². The van der Waals surface area contributed by atoms with Gasteiger partial charge in [0, 0.05) is 11.8 Å². The largest absolute Gasteiger partial charge is 0.377 e. The van der Waals surface area contributed by atoms with Crippen molar-refractivity contribution < 1.29 is 33.3 Å². The smallest absolute Gasteiger partial charge is 0.161 e. The molecule has 0 saturated heterocycles. The lowest BCUT2D eigenvalue weighted by Crippen LogP contribution is -2.19. The van der Waals surface area contributed by atoms with Crippen LogP contribution in [-0.4, -0.2) is 77.6 Å². The molecule has 1 unspecified atom stereocenters. The van der Waals surface area contributed by atoms with Gasteiger partial charge in [-0.15, -0.1) is 0 Å². The Morgan fingerprint density at radius 3 is 1.47 bits per heavy atom. The van der Waals surface area contributed by atoms with Gasteiger partial charge in [-0.2, -0.15) is 0 Å². The number of hydrogen-bond donors (Lipinski definition) is 0. The van der Waals surface area contributed by atoms with Crippen molar-refractivity contribution in [2.75, 3.05) is 66.1 Å². The van der Waals surface area contributed by atoms with Crippen molar-refractivity contribution in [1.82, 2.24) is 0 Å². The highest BCUT2D eigenvalue weighted by Gasteiger charge is 2.12. The summed E-state index contributed by atoms with van der Waals surface area (Å²) in [7, 11) is 0. The Kier molecular flexibility index (Phi) is 20.8. The van der Waals surface area contributed by atoms with E-state index in [0.717, 1.165) is 12.8 Å². The maximum Gasteiger partial charge on any atom is 0.161 e. The number of carbonyl (C=O) groups is 2. The topological polar surface area (TPSA) is 80.3 Å². The van der Waals surface area contributed by atoms with Gasteiger partial charge in [-0.3, -0.25) is 9.59 Å². The minimum atomic E-state index is 0.00407. The van der Waals surface area contributed by atoms with Gasteiger partial charge in [0.25, 0.3) is 0 Å². The van der Waals surface area contributed by atoms with Gasteiger partial charge in [0.2, 0.25) is 0 Å². The van der Waals surface area contributed by atoms with E-state index in [0.29, 0.717) is 52.9 Å². The van der Waals surface area contributed by atoms with Gasteiger partial charge in [-0.1, -0.05) is 53.4 Å². The zero-order chi connectivity index (χ0) is 22.5. The Bertz CT molecular complexity index is 412. The quantitative estimate of drug-likeness (QED) is 0.229. The average Bonchev–Trinajstić information content (AvgIpc) is 2.73. The summed E-state index contributed by atoms with van der Waals surface area (Å²) in [5.41, 5.74) is 0. The molecule has 0 aromatic rings. The zero-order valence-corrected chi connectivity index (χ0v) is 19.6. The van der Waals surface area contributed by atoms with Crippen molar-refractivity contribution in [3.8, 4) is 0 Å². The van der Waals surface area contributed by atoms with Gasteiger partial charge < -0.3 is 23.7 Å². The average molecular weight is 433 g/mol. The minimum Gasteiger partial charge on any atom is -0.377 e. The second kappa shape index (κ2) is 21.4. The number of Topliss-reactive ketones (excluding diaryl/α,β-unsaturated/α-hetero) is 2. The molecule has 7 nitrogen and oxygen atoms in total. The van der Waals surface area contributed by atoms with Gasteiger partial charge >= 0.3 is 0 Å². The van der Waals surface area contributed by atoms with Gasteiger partial charge in [0.05, 0.1) is 52.9 Å². The van der Waals surface area contributed by atoms with Crippen LogP contribution >= 0.6 is 0 Å². The molecule has 0 heterocycles. The van der Waals surface area contributed by atoms with Crippen molar-refractivity contribution in [2.24, 2.45) is 11.8 Å². The van der Waals surface area contributed by atoms with Crippen LogP contribution in [0, 0.1) is 11.8 Å². The second-order valence-electron chi connectivity index (χ2n) is 7.78. The molecule has 0 rings (SSSR count). The third-order valence-electron chi connectivity index (χ3n) is 4.66. The van der Waals surface area contributed by atoms with Crippen LogP contribution in [0.5, 0.6) is 0 Å². The summed E-state index contributed by atoms with van der Waals surface area (Å²) in [6.07, 6.45) is 5.71. The summed E-state index contributed by atoms with van der Waals surface area (Å²) in [4.78, 5) is 23.3. The summed E-state index contributed by atoms with van der Waals surface area (Å²) in [6.45, 7) is 11.8. The third-order valence-corrected chi connectivity index (χ3v) is 4.66. The fourth-order valence-corrected chi connectivity index (χ4v) is 2.47. The predicted octanol–water partition coefficient (Wildman–Crippen LogP) is 3.47. The van der Waals surface area contributed by atoms with Gasteiger partial charge in [-0.25, -0.2) is 0 Å². The van der Waals surface area contributed by atoms with Gasteiger partial charge in [-0.05, 0) is 6.42 Å². The maximum atomic E-state index is 12.0. The van der Waals surface area contributed by atoms with Crippen molar-refractivity contribution in [2.45, 2.75) is 59.8 Å². The molecule has 7 heteroatoms. The van der Waals surface area contributed by atoms with Crippen LogP contribution in [0.2, 0.25) is 0 Å². The van der Waals surface area contributed by atoms with Crippen molar-refractivity contribution >= 4 is 11.6 Å². The lowest BCUT2D eigenvalue weighted by Gasteiger charge is -2.11. The number of carbonyl (C=O) groups excluding carboxylic acids is 2. The Hall–Kier alpha value is -0.860. The molecule has 0 fully saturated rings. The predicted molar refractivity (Wildman–Crippen MR) is 117 cm³/mol. The Morgan fingerprint density at radius 2 is 1.03 bits per heavy atom. The van der Waals surface area contributed by atoms with Gasteiger partial charge in [0.1, 0.15) is 13.2 Å². The van der Waals surface area contributed by atoms with Crippen molar-refractivity contribution in [3.63, 3.8) is 0 Å². The highest BCUT2D eigenvalue weighted by atomic mass is 16.6. The van der Waals surface area contributed by atoms with Crippen LogP contribution in [0.1, 0.15) is 59.8 Å². The van der Waals surface area contributed by atoms with E-state index in [2.05, 4.69) is 6.92 Å². The summed E-state index contributed by atoms with van der Waals surface area (Å²) >= 11 is 0. The number of ether oxygens (including phenoxy) is 5. The highest BCUT2D eigenvalue weighted by Crippen LogP contribution is 2.11. The molecule has 0 radical (unpaired) electrons. The summed E-state index contributed by atoms with van der Waals surface area (Å²) in [5.74, 6) is 0.353. The van der Waals surface area contributed by atoms with E-state index < -0.39 is 0 Å². The van der Waals surface area contributed by atoms with Crippen molar-refractivity contribution in [3.05, 3.63) is 0 Å². The SMILES string of the molecule is CCCCCCC(C)C(=O)COCCOCCOCCOCCOCC(=O)C(C)C. The fourth-order valence-electron chi connectivity index (χ4n) is 2.47. The number of ketones is 2. The van der Waals surface area contributed by atoms with Crippen LogP contribution in [0.4, 0.5) is 0 Å². The van der Waals surface area contributed by atoms with E-state index >= 15 is 0 Å². The molecule has 0 aliphatic rings. The molecule has 0 aromatic heterocycles. The molecular formula is C23H44O7. The molecule has 178 valence electrons. The first kappa shape index (κ1) is 29.1.